The van der Waals surface area contributed by atoms with Crippen molar-refractivity contribution in [3.8, 4) is 11.5 Å². The molecule has 52 heavy (non-hydrogen) atoms. The molecular weight excluding hydrogens is 633 g/mol. The van der Waals surface area contributed by atoms with Crippen LogP contribution in [0.2, 0.25) is 0 Å². The Morgan fingerprint density at radius 1 is 0.538 bits per heavy atom. The van der Waals surface area contributed by atoms with Crippen molar-refractivity contribution in [3.63, 3.8) is 0 Å². The van der Waals surface area contributed by atoms with E-state index in [2.05, 4.69) is 165 Å². The van der Waals surface area contributed by atoms with Gasteiger partial charge >= 0.3 is 0 Å². The number of benzene rings is 6. The maximum absolute atomic E-state index is 8.31. The Labute approximate surface area is 309 Å². The first kappa shape index (κ1) is 28.4. The average Bonchev–Trinajstić information content (AvgIpc) is 3.76. The lowest BCUT2D eigenvalue weighted by molar-refractivity contribution is -0.645. The highest BCUT2D eigenvalue weighted by Crippen LogP contribution is 2.47. The van der Waals surface area contributed by atoms with E-state index in [1.54, 1.807) is 6.33 Å². The molecule has 0 unspecified atom stereocenters. The normalized spacial score (nSPS) is 13.3. The number of aryl methyl sites for hydroxylation is 1. The molecule has 0 saturated heterocycles. The number of pyridine rings is 1. The first-order valence-electron chi connectivity index (χ1n) is 19.3. The minimum absolute atomic E-state index is 0.0454. The predicted octanol–water partition coefficient (Wildman–Crippen LogP) is 10.6. The highest BCUT2D eigenvalue weighted by atomic mass is 15.1. The van der Waals surface area contributed by atoms with Crippen molar-refractivity contribution in [1.29, 1.82) is 0 Å². The van der Waals surface area contributed by atoms with Crippen molar-refractivity contribution in [2.45, 2.75) is 31.6 Å². The lowest BCUT2D eigenvalue weighted by atomic mass is 9.65. The van der Waals surface area contributed by atoms with Gasteiger partial charge in [-0.2, -0.15) is 4.57 Å². The highest BCUT2D eigenvalue weighted by Gasteiger charge is 2.39. The molecule has 252 valence electrons. The number of para-hydroxylation sites is 3. The molecule has 0 aliphatic heterocycles. The van der Waals surface area contributed by atoms with Crippen molar-refractivity contribution in [2.75, 3.05) is 0 Å². The van der Waals surface area contributed by atoms with E-state index in [-0.39, 0.29) is 5.41 Å². The smallest absolute Gasteiger partial charge is 0.249 e. The molecule has 4 heteroatoms. The Balaban J connectivity index is 1.37. The Morgan fingerprint density at radius 3 is 1.90 bits per heavy atom. The largest absolute Gasteiger partial charge is 0.294 e. The summed E-state index contributed by atoms with van der Waals surface area (Å²) < 4.78 is 30.6. The number of hydrogen-bond acceptors (Lipinski definition) is 1. The van der Waals surface area contributed by atoms with Gasteiger partial charge in [0.1, 0.15) is 11.5 Å². The minimum Gasteiger partial charge on any atom is -0.294 e. The first-order chi connectivity index (χ1) is 26.5. The standard InChI is InChI=1S/C48H41N4/c1-47(2,3)36-28-29-49-46(32-36)52-42-23-12-11-22-40(42)41-27-26-38(31-45(41)52)48(34-16-7-5-8-17-34,35-18-9-6-10-19-35)37-20-15-21-39(30-37)51-33-50(4)43-24-13-14-25-44(43)51/h5-33H,1-4H3/q+1/i4D3. The third kappa shape index (κ3) is 4.97. The number of fused-ring (bicyclic) bond motifs is 4. The topological polar surface area (TPSA) is 26.6 Å². The van der Waals surface area contributed by atoms with Gasteiger partial charge in [0.15, 0.2) is 11.0 Å². The van der Waals surface area contributed by atoms with Crippen LogP contribution in [0.15, 0.2) is 176 Å². The second-order valence-electron chi connectivity index (χ2n) is 14.6. The van der Waals surface area contributed by atoms with Gasteiger partial charge in [0.25, 0.3) is 0 Å². The lowest BCUT2D eigenvalue weighted by Crippen LogP contribution is -2.31. The number of nitrogens with zero attached hydrogens (tertiary/aromatic N) is 4. The molecular formula is C48H41N4+. The summed E-state index contributed by atoms with van der Waals surface area (Å²) in [5.74, 6) is 0.879. The number of rotatable bonds is 6. The molecule has 0 atom stereocenters. The fraction of sp³-hybridized carbons (Fsp3) is 0.125. The van der Waals surface area contributed by atoms with Gasteiger partial charge in [0.05, 0.1) is 27.5 Å². The van der Waals surface area contributed by atoms with E-state index in [0.29, 0.717) is 5.52 Å². The molecule has 0 N–H and O–H groups in total. The molecule has 3 heterocycles. The summed E-state index contributed by atoms with van der Waals surface area (Å²) in [5.41, 5.74) is 9.28. The van der Waals surface area contributed by atoms with E-state index >= 15 is 0 Å². The Bertz CT molecular complexity index is 2800. The van der Waals surface area contributed by atoms with Gasteiger partial charge in [-0.15, -0.1) is 0 Å². The third-order valence-electron chi connectivity index (χ3n) is 10.6. The zero-order valence-electron chi connectivity index (χ0n) is 32.5. The van der Waals surface area contributed by atoms with E-state index in [4.69, 9.17) is 9.10 Å². The lowest BCUT2D eigenvalue weighted by Gasteiger charge is -2.37. The van der Waals surface area contributed by atoms with Crippen molar-refractivity contribution < 1.29 is 8.68 Å². The van der Waals surface area contributed by atoms with Gasteiger partial charge in [0.2, 0.25) is 6.33 Å². The van der Waals surface area contributed by atoms with E-state index in [1.165, 1.54) is 15.5 Å². The minimum atomic E-state index is -2.34. The van der Waals surface area contributed by atoms with Crippen LogP contribution in [-0.4, -0.2) is 14.1 Å². The molecule has 0 saturated carbocycles. The summed E-state index contributed by atoms with van der Waals surface area (Å²) >= 11 is 0. The van der Waals surface area contributed by atoms with Gasteiger partial charge in [-0.05, 0) is 81.8 Å². The zero-order valence-corrected chi connectivity index (χ0v) is 29.5. The average molecular weight is 677 g/mol. The zero-order chi connectivity index (χ0) is 38.0. The molecule has 3 aromatic heterocycles. The Hall–Kier alpha value is -6.26. The van der Waals surface area contributed by atoms with E-state index in [1.807, 2.05) is 35.0 Å². The van der Waals surface area contributed by atoms with Crippen LogP contribution in [0.5, 0.6) is 0 Å². The van der Waals surface area contributed by atoms with Crippen LogP contribution < -0.4 is 4.57 Å². The van der Waals surface area contributed by atoms with Crippen LogP contribution in [-0.2, 0) is 17.8 Å². The monoisotopic (exact) mass is 676 g/mol. The van der Waals surface area contributed by atoms with Crippen LogP contribution in [0.1, 0.15) is 52.7 Å². The van der Waals surface area contributed by atoms with Gasteiger partial charge < -0.3 is 0 Å². The van der Waals surface area contributed by atoms with Crippen LogP contribution in [0.25, 0.3) is 44.3 Å². The molecule has 0 fully saturated rings. The van der Waals surface area contributed by atoms with Crippen molar-refractivity contribution >= 4 is 32.8 Å². The van der Waals surface area contributed by atoms with Gasteiger partial charge in [-0.1, -0.05) is 136 Å². The number of hydrogen-bond donors (Lipinski definition) is 0. The number of aromatic nitrogens is 4. The SMILES string of the molecule is [2H]C([2H])([2H])[n+]1cn(-c2cccc(C(c3ccccc3)(c3ccccc3)c3ccc4c5ccccc5n(-c5cc(C(C)(C)C)ccn5)c4c3)c2)c2ccccc21. The second-order valence-corrected chi connectivity index (χ2v) is 14.6. The summed E-state index contributed by atoms with van der Waals surface area (Å²) in [6.45, 7) is 4.36. The van der Waals surface area contributed by atoms with Gasteiger partial charge in [-0.3, -0.25) is 4.57 Å². The summed E-state index contributed by atoms with van der Waals surface area (Å²) in [5, 5.41) is 2.32. The maximum atomic E-state index is 8.31. The molecule has 9 rings (SSSR count). The van der Waals surface area contributed by atoms with Gasteiger partial charge in [0, 0.05) is 17.0 Å². The van der Waals surface area contributed by atoms with Crippen LogP contribution in [0.4, 0.5) is 0 Å². The van der Waals surface area contributed by atoms with E-state index in [9.17, 15) is 0 Å². The molecule has 0 bridgehead atoms. The first-order valence-corrected chi connectivity index (χ1v) is 17.8. The third-order valence-corrected chi connectivity index (χ3v) is 10.6. The fourth-order valence-electron chi connectivity index (χ4n) is 8.04. The molecule has 0 radical (unpaired) electrons. The molecule has 6 aromatic carbocycles. The van der Waals surface area contributed by atoms with E-state index < -0.39 is 12.4 Å². The molecule has 9 aromatic rings. The second kappa shape index (κ2) is 12.2. The van der Waals surface area contributed by atoms with Crippen molar-refractivity contribution in [3.05, 3.63) is 204 Å². The number of imidazole rings is 1. The highest BCUT2D eigenvalue weighted by molar-refractivity contribution is 6.09. The Kier molecular flexibility index (Phi) is 6.68. The summed E-state index contributed by atoms with van der Waals surface area (Å²) in [6, 6.07) is 57.4. The van der Waals surface area contributed by atoms with Crippen LogP contribution >= 0.6 is 0 Å². The van der Waals surface area contributed by atoms with Gasteiger partial charge in [-0.25, -0.2) is 9.55 Å². The fourth-order valence-corrected chi connectivity index (χ4v) is 8.04. The molecule has 0 aliphatic rings. The maximum Gasteiger partial charge on any atom is 0.249 e. The summed E-state index contributed by atoms with van der Waals surface area (Å²) in [7, 11) is 0. The van der Waals surface area contributed by atoms with Crippen molar-refractivity contribution in [2.24, 2.45) is 6.98 Å². The van der Waals surface area contributed by atoms with E-state index in [0.717, 1.165) is 55.7 Å². The molecule has 0 aliphatic carbocycles. The molecule has 4 nitrogen and oxygen atoms in total. The summed E-state index contributed by atoms with van der Waals surface area (Å²) in [6.07, 6.45) is 3.62. The van der Waals surface area contributed by atoms with Crippen molar-refractivity contribution in [1.82, 2.24) is 14.1 Å². The molecule has 0 spiro atoms. The molecule has 0 amide bonds. The summed E-state index contributed by atoms with van der Waals surface area (Å²) in [4.78, 5) is 4.97. The predicted molar refractivity (Wildman–Crippen MR) is 214 cm³/mol. The Morgan fingerprint density at radius 2 is 1.17 bits per heavy atom. The quantitative estimate of drug-likeness (QED) is 0.127. The van der Waals surface area contributed by atoms with Crippen LogP contribution in [0.3, 0.4) is 0 Å². The van der Waals surface area contributed by atoms with Crippen LogP contribution in [0, 0.1) is 0 Å².